The Morgan fingerprint density at radius 2 is 1.72 bits per heavy atom. The molecule has 0 bridgehead atoms. The van der Waals surface area contributed by atoms with Crippen molar-refractivity contribution in [3.63, 3.8) is 0 Å². The standard InChI is InChI=1S/C20H26N10O13P2S2/c21-19-26-14-8(16(34)28-19)25-5(1-23-14)12(46)13(47)6(31)2-40-44(36,37)43-45(38,39)41-3-7-10(32)11(33)18(42-7)30-4-24-9-15(30)27-20(22)29-17(9)35/h1,4-7,10-11,18,25,31-33,46-47H,2-3H2,(H,36,37)(H,38,39)(H3,21,26,28,34)(H3,22,27,29,35)/b13-12-/t5-,6-,7-,10-,11-,18-/m1/s1. The number of aliphatic hydroxyl groups excluding tert-OH is 3. The summed E-state index contributed by atoms with van der Waals surface area (Å²) in [6.45, 7) is -1.96. The predicted octanol–water partition coefficient (Wildman–Crippen LogP) is -2.13. The fraction of sp³-hybridized carbons (Fsp3) is 0.400. The van der Waals surface area contributed by atoms with Gasteiger partial charge in [0.15, 0.2) is 23.2 Å². The van der Waals surface area contributed by atoms with E-state index in [9.17, 15) is 43.8 Å². The molecular formula is C20H26N10O13P2S2. The lowest BCUT2D eigenvalue weighted by molar-refractivity contribution is -0.0504. The Labute approximate surface area is 271 Å². The number of fused-ring (bicyclic) bond motifs is 2. The highest BCUT2D eigenvalue weighted by atomic mass is 32.1. The number of nitrogens with two attached hydrogens (primary N) is 2. The number of aromatic nitrogens is 6. The number of imidazole rings is 1. The van der Waals surface area contributed by atoms with Gasteiger partial charge in [-0.15, -0.1) is 25.3 Å². The lowest BCUT2D eigenvalue weighted by atomic mass is 10.1. The first kappa shape index (κ1) is 35.2. The Balaban J connectivity index is 1.16. The number of hydrogen-bond donors (Lipinski definition) is 12. The van der Waals surface area contributed by atoms with Crippen molar-refractivity contribution in [3.05, 3.63) is 36.8 Å². The van der Waals surface area contributed by atoms with E-state index in [1.165, 1.54) is 6.21 Å². The Bertz CT molecular complexity index is 1970. The van der Waals surface area contributed by atoms with Gasteiger partial charge in [0.05, 0.1) is 25.6 Å². The second-order valence-electron chi connectivity index (χ2n) is 9.77. The highest BCUT2D eigenvalue weighted by molar-refractivity contribution is 7.88. The molecule has 12 N–H and O–H groups in total. The maximum absolute atomic E-state index is 12.4. The molecule has 3 aromatic rings. The predicted molar refractivity (Wildman–Crippen MR) is 167 cm³/mol. The van der Waals surface area contributed by atoms with Crippen molar-refractivity contribution >= 4 is 81.7 Å². The van der Waals surface area contributed by atoms with Crippen LogP contribution in [-0.4, -0.2) is 104 Å². The molecule has 0 saturated carbocycles. The summed E-state index contributed by atoms with van der Waals surface area (Å²) >= 11 is 8.39. The van der Waals surface area contributed by atoms with E-state index >= 15 is 0 Å². The van der Waals surface area contributed by atoms with Crippen LogP contribution in [0.25, 0.3) is 11.2 Å². The van der Waals surface area contributed by atoms with Crippen LogP contribution in [0.2, 0.25) is 0 Å². The number of nitrogens with one attached hydrogen (secondary N) is 3. The molecule has 0 spiro atoms. The zero-order valence-electron chi connectivity index (χ0n) is 23.2. The van der Waals surface area contributed by atoms with E-state index in [-0.39, 0.29) is 44.4 Å². The molecule has 2 unspecified atom stereocenters. The molecular weight excluding hydrogens is 714 g/mol. The molecule has 5 heterocycles. The van der Waals surface area contributed by atoms with Crippen LogP contribution in [0.15, 0.2) is 30.7 Å². The van der Waals surface area contributed by atoms with E-state index in [4.69, 9.17) is 16.2 Å². The average molecular weight is 741 g/mol. The fourth-order valence-electron chi connectivity index (χ4n) is 4.32. The van der Waals surface area contributed by atoms with Gasteiger partial charge in [-0.3, -0.25) is 33.2 Å². The van der Waals surface area contributed by atoms with E-state index in [0.717, 1.165) is 10.9 Å². The number of rotatable bonds is 11. The van der Waals surface area contributed by atoms with Crippen molar-refractivity contribution in [2.24, 2.45) is 4.99 Å². The summed E-state index contributed by atoms with van der Waals surface area (Å²) in [4.78, 5) is 64.2. The third kappa shape index (κ3) is 7.62. The molecule has 0 amide bonds. The number of hydrogen-bond acceptors (Lipinski definition) is 20. The first-order valence-electron chi connectivity index (χ1n) is 12.9. The zero-order chi connectivity index (χ0) is 34.4. The van der Waals surface area contributed by atoms with Crippen molar-refractivity contribution in [2.45, 2.75) is 36.7 Å². The van der Waals surface area contributed by atoms with Gasteiger partial charge in [-0.2, -0.15) is 14.3 Å². The zero-order valence-corrected chi connectivity index (χ0v) is 26.8. The van der Waals surface area contributed by atoms with E-state index < -0.39 is 76.7 Å². The van der Waals surface area contributed by atoms with E-state index in [1.54, 1.807) is 0 Å². The number of phosphoric ester groups is 2. The highest BCUT2D eigenvalue weighted by Gasteiger charge is 2.46. The van der Waals surface area contributed by atoms with Crippen LogP contribution in [0.5, 0.6) is 0 Å². The van der Waals surface area contributed by atoms with E-state index in [2.05, 4.69) is 73.8 Å². The summed E-state index contributed by atoms with van der Waals surface area (Å²) in [5, 5.41) is 34.1. The SMILES string of the molecule is Nc1nc2c(c(=O)[nH]1)N[C@@H](/C(S)=C(/S)[C@H](O)COP(=O)(O)OP(=O)(O)OC[C@H]1O[C@@H](n3cnc4c(=O)[nH]c(N)nc43)[C@H](O)[C@@H]1O)C=N2. The number of anilines is 3. The third-order valence-corrected chi connectivity index (χ3v) is 10.3. The van der Waals surface area contributed by atoms with Gasteiger partial charge >= 0.3 is 15.6 Å². The van der Waals surface area contributed by atoms with Crippen LogP contribution in [0.4, 0.5) is 23.4 Å². The first-order chi connectivity index (χ1) is 22.0. The first-order valence-corrected chi connectivity index (χ1v) is 16.8. The molecule has 47 heavy (non-hydrogen) atoms. The molecule has 1 saturated heterocycles. The minimum atomic E-state index is -5.42. The van der Waals surface area contributed by atoms with E-state index in [1.807, 2.05) is 0 Å². The van der Waals surface area contributed by atoms with Crippen molar-refractivity contribution < 1.29 is 52.3 Å². The molecule has 3 aromatic heterocycles. The summed E-state index contributed by atoms with van der Waals surface area (Å²) in [6.07, 6.45) is -5.71. The number of aliphatic hydroxyl groups is 3. The fourth-order valence-corrected chi connectivity index (χ4v) is 6.90. The maximum Gasteiger partial charge on any atom is 0.481 e. The van der Waals surface area contributed by atoms with Crippen LogP contribution in [0.1, 0.15) is 6.23 Å². The summed E-state index contributed by atoms with van der Waals surface area (Å²) in [7, 11) is -10.8. The Morgan fingerprint density at radius 3 is 2.45 bits per heavy atom. The number of aromatic amines is 2. The molecule has 23 nitrogen and oxygen atoms in total. The molecule has 1 fully saturated rings. The molecule has 256 valence electrons. The third-order valence-electron chi connectivity index (χ3n) is 6.50. The second kappa shape index (κ2) is 13.4. The Morgan fingerprint density at radius 1 is 1.06 bits per heavy atom. The number of thiol groups is 2. The van der Waals surface area contributed by atoms with Gasteiger partial charge in [-0.05, 0) is 0 Å². The number of phosphoric acid groups is 2. The monoisotopic (exact) mass is 740 g/mol. The molecule has 27 heteroatoms. The van der Waals surface area contributed by atoms with Crippen LogP contribution >= 0.6 is 40.9 Å². The lowest BCUT2D eigenvalue weighted by Gasteiger charge is -2.23. The molecule has 0 aromatic carbocycles. The number of nitrogen functional groups attached to an aromatic ring is 2. The number of aliphatic imine (C=N–C) groups is 1. The normalized spacial score (nSPS) is 26.2. The van der Waals surface area contributed by atoms with Crippen LogP contribution < -0.4 is 27.9 Å². The maximum atomic E-state index is 12.4. The van der Waals surface area contributed by atoms with Crippen LogP contribution in [0, 0.1) is 0 Å². The molecule has 0 aliphatic carbocycles. The summed E-state index contributed by atoms with van der Waals surface area (Å²) in [5.74, 6) is -0.432. The highest BCUT2D eigenvalue weighted by Crippen LogP contribution is 2.60. The second-order valence-corrected chi connectivity index (χ2v) is 13.8. The Hall–Kier alpha value is -3.16. The average Bonchev–Trinajstić information content (AvgIpc) is 3.53. The lowest BCUT2D eigenvalue weighted by Crippen LogP contribution is -2.33. The number of ether oxygens (including phenoxy) is 1. The van der Waals surface area contributed by atoms with Crippen molar-refractivity contribution in [3.8, 4) is 0 Å². The minimum Gasteiger partial charge on any atom is -0.387 e. The molecule has 2 aliphatic rings. The Kier molecular flexibility index (Phi) is 10.0. The summed E-state index contributed by atoms with van der Waals surface area (Å²) in [6, 6.07) is -0.904. The quantitative estimate of drug-likeness (QED) is 0.0737. The van der Waals surface area contributed by atoms with Crippen LogP contribution in [-0.2, 0) is 27.2 Å². The molecule has 8 atom stereocenters. The van der Waals surface area contributed by atoms with Gasteiger partial charge in [0.1, 0.15) is 30.1 Å². The van der Waals surface area contributed by atoms with Gasteiger partial charge in [-0.25, -0.2) is 19.1 Å². The van der Waals surface area contributed by atoms with E-state index in [0.29, 0.717) is 0 Å². The molecule has 2 aliphatic heterocycles. The van der Waals surface area contributed by atoms with Gasteiger partial charge in [-0.1, -0.05) is 0 Å². The summed E-state index contributed by atoms with van der Waals surface area (Å²) in [5.41, 5.74) is 9.42. The van der Waals surface area contributed by atoms with Crippen LogP contribution in [0.3, 0.4) is 0 Å². The van der Waals surface area contributed by atoms with Gasteiger partial charge in [0.25, 0.3) is 11.1 Å². The van der Waals surface area contributed by atoms with Crippen molar-refractivity contribution in [1.29, 1.82) is 0 Å². The molecule has 5 rings (SSSR count). The van der Waals surface area contributed by atoms with Crippen molar-refractivity contribution in [1.82, 2.24) is 29.5 Å². The topological polar surface area (TPSA) is 358 Å². The number of nitrogens with zero attached hydrogens (tertiary/aromatic N) is 5. The van der Waals surface area contributed by atoms with Gasteiger partial charge < -0.3 is 46.6 Å². The van der Waals surface area contributed by atoms with Gasteiger partial charge in [0.2, 0.25) is 11.9 Å². The largest absolute Gasteiger partial charge is 0.481 e. The van der Waals surface area contributed by atoms with Crippen molar-refractivity contribution in [2.75, 3.05) is 30.0 Å². The molecule has 0 radical (unpaired) electrons. The smallest absolute Gasteiger partial charge is 0.387 e. The minimum absolute atomic E-state index is 0.000205. The number of H-pyrrole nitrogens is 2. The van der Waals surface area contributed by atoms with Gasteiger partial charge in [0, 0.05) is 16.0 Å². The summed E-state index contributed by atoms with van der Waals surface area (Å²) < 4.78 is 45.0.